The monoisotopic (exact) mass is 238 g/mol. The van der Waals surface area contributed by atoms with Crippen LogP contribution in [0.3, 0.4) is 0 Å². The molecule has 2 unspecified atom stereocenters. The number of carbonyl (C=O) groups excluding carboxylic acids is 1. The van der Waals surface area contributed by atoms with Crippen molar-refractivity contribution in [2.45, 2.75) is 44.2 Å². The van der Waals surface area contributed by atoms with Gasteiger partial charge in [0.15, 0.2) is 0 Å². The molecule has 1 saturated heterocycles. The summed E-state index contributed by atoms with van der Waals surface area (Å²) in [6.45, 7) is 3.03. The van der Waals surface area contributed by atoms with Crippen LogP contribution in [0.5, 0.6) is 0 Å². The highest BCUT2D eigenvalue weighted by Gasteiger charge is 2.38. The highest BCUT2D eigenvalue weighted by atomic mass is 16.5. The van der Waals surface area contributed by atoms with Gasteiger partial charge < -0.3 is 15.0 Å². The molecule has 0 spiro atoms. The first kappa shape index (κ1) is 11.5. The smallest absolute Gasteiger partial charge is 0.236 e. The van der Waals surface area contributed by atoms with Crippen molar-refractivity contribution in [1.82, 2.24) is 10.2 Å². The fourth-order valence-electron chi connectivity index (χ4n) is 3.04. The maximum atomic E-state index is 12.2. The lowest BCUT2D eigenvalue weighted by molar-refractivity contribution is -0.142. The standard InChI is InChI=1S/C13H22N2O2/c16-13(9-14-8-10-4-5-10)15-6-7-17-12-3-1-2-11(12)15/h10-12,14H,1-9H2. The average molecular weight is 238 g/mol. The van der Waals surface area contributed by atoms with Gasteiger partial charge in [-0.1, -0.05) is 0 Å². The first-order chi connectivity index (χ1) is 8.34. The zero-order valence-electron chi connectivity index (χ0n) is 10.4. The van der Waals surface area contributed by atoms with E-state index in [1.165, 1.54) is 19.3 Å². The first-order valence-electron chi connectivity index (χ1n) is 6.96. The summed E-state index contributed by atoms with van der Waals surface area (Å²) in [4.78, 5) is 14.2. The summed E-state index contributed by atoms with van der Waals surface area (Å²) in [5, 5.41) is 3.29. The fraction of sp³-hybridized carbons (Fsp3) is 0.923. The number of rotatable bonds is 4. The molecule has 3 fully saturated rings. The topological polar surface area (TPSA) is 41.6 Å². The van der Waals surface area contributed by atoms with E-state index in [9.17, 15) is 4.79 Å². The van der Waals surface area contributed by atoms with Crippen LogP contribution in [-0.2, 0) is 9.53 Å². The molecule has 3 rings (SSSR count). The lowest BCUT2D eigenvalue weighted by Crippen LogP contribution is -2.53. The molecule has 2 atom stereocenters. The van der Waals surface area contributed by atoms with Gasteiger partial charge in [-0.2, -0.15) is 0 Å². The average Bonchev–Trinajstić information content (AvgIpc) is 3.04. The number of fused-ring (bicyclic) bond motifs is 1. The third-order valence-corrected chi connectivity index (χ3v) is 4.21. The van der Waals surface area contributed by atoms with E-state index in [0.29, 0.717) is 18.7 Å². The third kappa shape index (κ3) is 2.63. The van der Waals surface area contributed by atoms with Crippen molar-refractivity contribution < 1.29 is 9.53 Å². The van der Waals surface area contributed by atoms with E-state index in [-0.39, 0.29) is 5.91 Å². The Morgan fingerprint density at radius 1 is 1.29 bits per heavy atom. The normalized spacial score (nSPS) is 32.6. The van der Waals surface area contributed by atoms with Crippen LogP contribution in [0.15, 0.2) is 0 Å². The minimum Gasteiger partial charge on any atom is -0.374 e. The second kappa shape index (κ2) is 4.94. The predicted octanol–water partition coefficient (Wildman–Crippen LogP) is 0.766. The second-order valence-corrected chi connectivity index (χ2v) is 5.57. The maximum absolute atomic E-state index is 12.2. The molecule has 3 aliphatic rings. The van der Waals surface area contributed by atoms with E-state index < -0.39 is 0 Å². The number of amides is 1. The highest BCUT2D eigenvalue weighted by molar-refractivity contribution is 5.78. The summed E-state index contributed by atoms with van der Waals surface area (Å²) in [5.74, 6) is 1.11. The van der Waals surface area contributed by atoms with Crippen molar-refractivity contribution in [2.24, 2.45) is 5.92 Å². The molecule has 4 heteroatoms. The van der Waals surface area contributed by atoms with Crippen LogP contribution in [0.25, 0.3) is 0 Å². The van der Waals surface area contributed by atoms with Gasteiger partial charge in [0.05, 0.1) is 25.3 Å². The molecule has 2 aliphatic carbocycles. The SMILES string of the molecule is O=C(CNCC1CC1)N1CCOC2CCCC21. The molecule has 1 amide bonds. The Morgan fingerprint density at radius 3 is 3.00 bits per heavy atom. The van der Waals surface area contributed by atoms with Crippen molar-refractivity contribution in [2.75, 3.05) is 26.2 Å². The number of hydrogen-bond acceptors (Lipinski definition) is 3. The van der Waals surface area contributed by atoms with Gasteiger partial charge in [0.1, 0.15) is 0 Å². The van der Waals surface area contributed by atoms with Gasteiger partial charge in [-0.25, -0.2) is 0 Å². The molecule has 0 bridgehead atoms. The number of nitrogens with one attached hydrogen (secondary N) is 1. The van der Waals surface area contributed by atoms with Gasteiger partial charge in [0.2, 0.25) is 5.91 Å². The fourth-order valence-corrected chi connectivity index (χ4v) is 3.04. The van der Waals surface area contributed by atoms with Gasteiger partial charge in [-0.05, 0) is 44.6 Å². The van der Waals surface area contributed by atoms with Crippen molar-refractivity contribution in [3.63, 3.8) is 0 Å². The molecular weight excluding hydrogens is 216 g/mol. The molecule has 0 aromatic heterocycles. The minimum absolute atomic E-state index is 0.269. The van der Waals surface area contributed by atoms with Crippen molar-refractivity contribution in [1.29, 1.82) is 0 Å². The zero-order chi connectivity index (χ0) is 11.7. The summed E-state index contributed by atoms with van der Waals surface area (Å²) in [6.07, 6.45) is 6.45. The largest absolute Gasteiger partial charge is 0.374 e. The van der Waals surface area contributed by atoms with Crippen LogP contribution in [0.1, 0.15) is 32.1 Å². The van der Waals surface area contributed by atoms with Gasteiger partial charge in [0, 0.05) is 6.54 Å². The van der Waals surface area contributed by atoms with E-state index in [0.717, 1.165) is 38.5 Å². The van der Waals surface area contributed by atoms with Crippen LogP contribution in [0, 0.1) is 5.92 Å². The zero-order valence-corrected chi connectivity index (χ0v) is 10.4. The lowest BCUT2D eigenvalue weighted by atomic mass is 10.1. The number of carbonyl (C=O) groups is 1. The number of hydrogen-bond donors (Lipinski definition) is 1. The summed E-state index contributed by atoms with van der Waals surface area (Å²) in [5.41, 5.74) is 0. The number of morpholine rings is 1. The maximum Gasteiger partial charge on any atom is 0.236 e. The summed E-state index contributed by atoms with van der Waals surface area (Å²) >= 11 is 0. The van der Waals surface area contributed by atoms with E-state index in [4.69, 9.17) is 4.74 Å². The van der Waals surface area contributed by atoms with Gasteiger partial charge in [-0.3, -0.25) is 4.79 Å². The molecule has 0 aromatic rings. The molecule has 0 radical (unpaired) electrons. The molecule has 0 aromatic carbocycles. The van der Waals surface area contributed by atoms with Crippen LogP contribution >= 0.6 is 0 Å². The van der Waals surface area contributed by atoms with Crippen molar-refractivity contribution >= 4 is 5.91 Å². The van der Waals surface area contributed by atoms with Crippen LogP contribution in [0.4, 0.5) is 0 Å². The Balaban J connectivity index is 1.49. The molecular formula is C13H22N2O2. The Bertz CT molecular complexity index is 291. The van der Waals surface area contributed by atoms with Crippen molar-refractivity contribution in [3.05, 3.63) is 0 Å². The van der Waals surface area contributed by atoms with E-state index >= 15 is 0 Å². The van der Waals surface area contributed by atoms with Crippen molar-refractivity contribution in [3.8, 4) is 0 Å². The molecule has 2 saturated carbocycles. The van der Waals surface area contributed by atoms with Gasteiger partial charge >= 0.3 is 0 Å². The quantitative estimate of drug-likeness (QED) is 0.786. The number of nitrogens with zero attached hydrogens (tertiary/aromatic N) is 1. The van der Waals surface area contributed by atoms with Crippen LogP contribution in [0.2, 0.25) is 0 Å². The Kier molecular flexibility index (Phi) is 3.34. The van der Waals surface area contributed by atoms with Crippen LogP contribution < -0.4 is 5.32 Å². The summed E-state index contributed by atoms with van der Waals surface area (Å²) in [7, 11) is 0. The Labute approximate surface area is 103 Å². The third-order valence-electron chi connectivity index (χ3n) is 4.21. The molecule has 1 heterocycles. The summed E-state index contributed by atoms with van der Waals surface area (Å²) in [6, 6.07) is 0.360. The van der Waals surface area contributed by atoms with Gasteiger partial charge in [0.25, 0.3) is 0 Å². The Hall–Kier alpha value is -0.610. The molecule has 1 aliphatic heterocycles. The Morgan fingerprint density at radius 2 is 2.18 bits per heavy atom. The highest BCUT2D eigenvalue weighted by Crippen LogP contribution is 2.30. The van der Waals surface area contributed by atoms with E-state index in [2.05, 4.69) is 10.2 Å². The molecule has 4 nitrogen and oxygen atoms in total. The number of ether oxygens (including phenoxy) is 1. The molecule has 1 N–H and O–H groups in total. The van der Waals surface area contributed by atoms with E-state index in [1.807, 2.05) is 0 Å². The van der Waals surface area contributed by atoms with E-state index in [1.54, 1.807) is 0 Å². The molecule has 17 heavy (non-hydrogen) atoms. The minimum atomic E-state index is 0.269. The predicted molar refractivity (Wildman–Crippen MR) is 64.7 cm³/mol. The second-order valence-electron chi connectivity index (χ2n) is 5.57. The van der Waals surface area contributed by atoms with Gasteiger partial charge in [-0.15, -0.1) is 0 Å². The first-order valence-corrected chi connectivity index (χ1v) is 6.96. The lowest BCUT2D eigenvalue weighted by Gasteiger charge is -2.37. The molecule has 96 valence electrons. The summed E-state index contributed by atoms with van der Waals surface area (Å²) < 4.78 is 5.72. The van der Waals surface area contributed by atoms with Crippen LogP contribution in [-0.4, -0.2) is 49.2 Å².